The van der Waals surface area contributed by atoms with Crippen LogP contribution >= 0.6 is 0 Å². The van der Waals surface area contributed by atoms with E-state index in [9.17, 15) is 5.11 Å². The van der Waals surface area contributed by atoms with Crippen LogP contribution in [0.3, 0.4) is 0 Å². The smallest absolute Gasteiger partial charge is 0.115 e. The summed E-state index contributed by atoms with van der Waals surface area (Å²) in [6, 6.07) is 8.00. The van der Waals surface area contributed by atoms with Crippen LogP contribution in [0.25, 0.3) is 0 Å². The Kier molecular flexibility index (Phi) is 4.25. The number of aromatic hydroxyl groups is 1. The second-order valence-electron chi connectivity index (χ2n) is 5.23. The van der Waals surface area contributed by atoms with Crippen LogP contribution in [0.15, 0.2) is 24.3 Å². The molecule has 0 amide bonds. The van der Waals surface area contributed by atoms with Gasteiger partial charge in [-0.05, 0) is 38.0 Å². The van der Waals surface area contributed by atoms with Crippen LogP contribution in [-0.4, -0.2) is 35.3 Å². The summed E-state index contributed by atoms with van der Waals surface area (Å²) in [6.45, 7) is 8.42. The summed E-state index contributed by atoms with van der Waals surface area (Å²) in [6.07, 6.45) is 1.66. The van der Waals surface area contributed by atoms with E-state index in [4.69, 9.17) is 4.74 Å². The van der Waals surface area contributed by atoms with Gasteiger partial charge < -0.3 is 9.84 Å². The molecular weight excluding hydrogens is 226 g/mol. The molecule has 0 bridgehead atoms. The van der Waals surface area contributed by atoms with E-state index in [0.717, 1.165) is 19.5 Å². The first-order valence-corrected chi connectivity index (χ1v) is 6.78. The van der Waals surface area contributed by atoms with Crippen LogP contribution < -0.4 is 0 Å². The normalized spacial score (nSPS) is 27.1. The van der Waals surface area contributed by atoms with E-state index in [-0.39, 0.29) is 0 Å². The molecule has 0 spiro atoms. The molecule has 3 nitrogen and oxygen atoms in total. The molecule has 1 saturated heterocycles. The van der Waals surface area contributed by atoms with Gasteiger partial charge in [0, 0.05) is 19.1 Å². The summed E-state index contributed by atoms with van der Waals surface area (Å²) >= 11 is 0. The van der Waals surface area contributed by atoms with Crippen molar-refractivity contribution < 1.29 is 9.84 Å². The maximum absolute atomic E-state index is 9.37. The van der Waals surface area contributed by atoms with Gasteiger partial charge in [-0.3, -0.25) is 4.90 Å². The van der Waals surface area contributed by atoms with Crippen molar-refractivity contribution in [1.82, 2.24) is 4.90 Å². The van der Waals surface area contributed by atoms with E-state index < -0.39 is 0 Å². The van der Waals surface area contributed by atoms with Gasteiger partial charge in [0.05, 0.1) is 12.2 Å². The monoisotopic (exact) mass is 249 g/mol. The van der Waals surface area contributed by atoms with Crippen LogP contribution in [0, 0.1) is 0 Å². The minimum Gasteiger partial charge on any atom is -0.508 e. The lowest BCUT2D eigenvalue weighted by Gasteiger charge is -2.40. The van der Waals surface area contributed by atoms with Gasteiger partial charge in [-0.2, -0.15) is 0 Å². The number of hydrogen-bond acceptors (Lipinski definition) is 3. The highest BCUT2D eigenvalue weighted by Crippen LogP contribution is 2.28. The van der Waals surface area contributed by atoms with Gasteiger partial charge in [0.2, 0.25) is 0 Å². The molecule has 1 N–H and O–H groups in total. The standard InChI is InChI=1S/C15H23NO2/c1-4-15(13-5-7-14(17)8-6-13)16-9-11(2)18-12(3)10-16/h5-8,11-12,15,17H,4,9-10H2,1-3H3/t11-,12+,15?. The Morgan fingerprint density at radius 1 is 1.22 bits per heavy atom. The van der Waals surface area contributed by atoms with Gasteiger partial charge in [0.1, 0.15) is 5.75 Å². The highest BCUT2D eigenvalue weighted by molar-refractivity contribution is 5.28. The highest BCUT2D eigenvalue weighted by Gasteiger charge is 2.27. The minimum absolute atomic E-state index is 0.292. The first kappa shape index (κ1) is 13.4. The lowest BCUT2D eigenvalue weighted by molar-refractivity contribution is -0.0814. The molecule has 100 valence electrons. The fraction of sp³-hybridized carbons (Fsp3) is 0.600. The van der Waals surface area contributed by atoms with E-state index in [2.05, 4.69) is 25.7 Å². The third-order valence-corrected chi connectivity index (χ3v) is 3.55. The molecule has 1 aliphatic rings. The van der Waals surface area contributed by atoms with Crippen molar-refractivity contribution in [2.24, 2.45) is 0 Å². The van der Waals surface area contributed by atoms with Crippen LogP contribution in [0.2, 0.25) is 0 Å². The fourth-order valence-electron chi connectivity index (χ4n) is 2.87. The largest absolute Gasteiger partial charge is 0.508 e. The molecule has 0 aromatic heterocycles. The zero-order chi connectivity index (χ0) is 13.1. The molecule has 0 aliphatic carbocycles. The molecule has 1 unspecified atom stereocenters. The van der Waals surface area contributed by atoms with Gasteiger partial charge in [-0.15, -0.1) is 0 Å². The number of phenols is 1. The third-order valence-electron chi connectivity index (χ3n) is 3.55. The Bertz CT molecular complexity index is 367. The van der Waals surface area contributed by atoms with Crippen LogP contribution in [-0.2, 0) is 4.74 Å². The summed E-state index contributed by atoms with van der Waals surface area (Å²) in [4.78, 5) is 2.49. The maximum atomic E-state index is 9.37. The van der Waals surface area contributed by atoms with E-state index in [0.29, 0.717) is 24.0 Å². The molecule has 18 heavy (non-hydrogen) atoms. The van der Waals surface area contributed by atoms with Gasteiger partial charge in [-0.1, -0.05) is 19.1 Å². The van der Waals surface area contributed by atoms with Gasteiger partial charge in [-0.25, -0.2) is 0 Å². The van der Waals surface area contributed by atoms with Gasteiger partial charge in [0.15, 0.2) is 0 Å². The lowest BCUT2D eigenvalue weighted by atomic mass is 10.0. The summed E-state index contributed by atoms with van der Waals surface area (Å²) in [5.74, 6) is 0.331. The summed E-state index contributed by atoms with van der Waals surface area (Å²) in [5.41, 5.74) is 1.27. The number of phenolic OH excluding ortho intramolecular Hbond substituents is 1. The predicted molar refractivity (Wildman–Crippen MR) is 72.7 cm³/mol. The molecule has 3 heteroatoms. The zero-order valence-electron chi connectivity index (χ0n) is 11.5. The molecule has 2 rings (SSSR count). The fourth-order valence-corrected chi connectivity index (χ4v) is 2.87. The van der Waals surface area contributed by atoms with Crippen molar-refractivity contribution in [2.75, 3.05) is 13.1 Å². The summed E-state index contributed by atoms with van der Waals surface area (Å²) in [7, 11) is 0. The second-order valence-corrected chi connectivity index (χ2v) is 5.23. The zero-order valence-corrected chi connectivity index (χ0v) is 11.5. The van der Waals surface area contributed by atoms with Crippen molar-refractivity contribution >= 4 is 0 Å². The van der Waals surface area contributed by atoms with E-state index in [1.807, 2.05) is 12.1 Å². The number of rotatable bonds is 3. The van der Waals surface area contributed by atoms with Crippen molar-refractivity contribution in [1.29, 1.82) is 0 Å². The van der Waals surface area contributed by atoms with Crippen LogP contribution in [0.1, 0.15) is 38.8 Å². The Hall–Kier alpha value is -1.06. The van der Waals surface area contributed by atoms with Crippen molar-refractivity contribution in [3.63, 3.8) is 0 Å². The summed E-state index contributed by atoms with van der Waals surface area (Å²) in [5, 5.41) is 9.37. The Morgan fingerprint density at radius 3 is 2.28 bits per heavy atom. The van der Waals surface area contributed by atoms with Crippen LogP contribution in [0.5, 0.6) is 5.75 Å². The number of benzene rings is 1. The molecule has 1 aliphatic heterocycles. The number of morpholine rings is 1. The van der Waals surface area contributed by atoms with E-state index in [1.165, 1.54) is 5.56 Å². The average Bonchev–Trinajstić information content (AvgIpc) is 2.31. The average molecular weight is 249 g/mol. The number of ether oxygens (including phenoxy) is 1. The Balaban J connectivity index is 2.14. The van der Waals surface area contributed by atoms with Crippen molar-refractivity contribution in [2.45, 2.75) is 45.4 Å². The second kappa shape index (κ2) is 5.72. The SMILES string of the molecule is CCC(c1ccc(O)cc1)N1C[C@@H](C)O[C@@H](C)C1. The minimum atomic E-state index is 0.292. The molecule has 0 radical (unpaired) electrons. The molecule has 1 heterocycles. The number of hydrogen-bond donors (Lipinski definition) is 1. The molecule has 0 saturated carbocycles. The molecular formula is C15H23NO2. The Labute approximate surface area is 109 Å². The maximum Gasteiger partial charge on any atom is 0.115 e. The molecule has 1 aromatic rings. The molecule has 3 atom stereocenters. The van der Waals surface area contributed by atoms with Crippen LogP contribution in [0.4, 0.5) is 0 Å². The van der Waals surface area contributed by atoms with Crippen molar-refractivity contribution in [3.05, 3.63) is 29.8 Å². The Morgan fingerprint density at radius 2 is 1.78 bits per heavy atom. The topological polar surface area (TPSA) is 32.7 Å². The molecule has 1 fully saturated rings. The van der Waals surface area contributed by atoms with E-state index >= 15 is 0 Å². The van der Waals surface area contributed by atoms with E-state index in [1.54, 1.807) is 12.1 Å². The van der Waals surface area contributed by atoms with Gasteiger partial charge >= 0.3 is 0 Å². The number of nitrogens with zero attached hydrogens (tertiary/aromatic N) is 1. The van der Waals surface area contributed by atoms with Crippen molar-refractivity contribution in [3.8, 4) is 5.75 Å². The quantitative estimate of drug-likeness (QED) is 0.894. The first-order valence-electron chi connectivity index (χ1n) is 6.78. The predicted octanol–water partition coefficient (Wildman–Crippen LogP) is 2.95. The molecule has 1 aromatic carbocycles. The highest BCUT2D eigenvalue weighted by atomic mass is 16.5. The third kappa shape index (κ3) is 3.03. The van der Waals surface area contributed by atoms with Gasteiger partial charge in [0.25, 0.3) is 0 Å². The lowest BCUT2D eigenvalue weighted by Crippen LogP contribution is -2.46. The summed E-state index contributed by atoms with van der Waals surface area (Å²) < 4.78 is 5.78. The first-order chi connectivity index (χ1) is 8.60.